The molecule has 0 aliphatic carbocycles. The molecule has 0 fully saturated rings. The summed E-state index contributed by atoms with van der Waals surface area (Å²) >= 11 is 0. The Morgan fingerprint density at radius 3 is 1.75 bits per heavy atom. The van der Waals surface area contributed by atoms with Crippen molar-refractivity contribution in [1.82, 2.24) is 0 Å². The van der Waals surface area contributed by atoms with E-state index in [0.717, 1.165) is 12.8 Å². The monoisotopic (exact) mass is 341 g/mol. The van der Waals surface area contributed by atoms with Crippen LogP contribution in [0.15, 0.2) is 12.2 Å². The quantitative estimate of drug-likeness (QED) is 0.187. The Morgan fingerprint density at radius 1 is 0.792 bits per heavy atom. The van der Waals surface area contributed by atoms with Gasteiger partial charge in [-0.2, -0.15) is 0 Å². The second-order valence-corrected chi connectivity index (χ2v) is 7.67. The first-order valence-electron chi connectivity index (χ1n) is 10.3. The van der Waals surface area contributed by atoms with Gasteiger partial charge in [-0.3, -0.25) is 0 Å². The molecule has 0 amide bonds. The van der Waals surface area contributed by atoms with E-state index in [-0.39, 0.29) is 6.42 Å². The van der Waals surface area contributed by atoms with E-state index < -0.39 is 11.8 Å². The number of unbranched alkanes of at least 4 members (excludes halogenated alkanes) is 11. The van der Waals surface area contributed by atoms with Gasteiger partial charge in [0, 0.05) is 12.0 Å². The summed E-state index contributed by atoms with van der Waals surface area (Å²) in [6.07, 6.45) is 21.4. The van der Waals surface area contributed by atoms with Crippen LogP contribution in [-0.4, -0.2) is 22.0 Å². The summed E-state index contributed by atoms with van der Waals surface area (Å²) in [5, 5.41) is 18.0. The zero-order chi connectivity index (χ0) is 18.1. The van der Waals surface area contributed by atoms with Gasteiger partial charge in [0.15, 0.2) is 6.29 Å². The fraction of sp³-hybridized carbons (Fsp3) is 0.905. The van der Waals surface area contributed by atoms with Gasteiger partial charge in [0.2, 0.25) is 0 Å². The Balaban J connectivity index is 3.29. The Kier molecular flexibility index (Phi) is 15.9. The lowest BCUT2D eigenvalue weighted by molar-refractivity contribution is -0.0587. The van der Waals surface area contributed by atoms with Gasteiger partial charge in [-0.15, -0.1) is 0 Å². The van der Waals surface area contributed by atoms with Crippen molar-refractivity contribution in [2.75, 3.05) is 0 Å². The highest BCUT2D eigenvalue weighted by Gasteiger charge is 2.20. The van der Waals surface area contributed by atoms with Crippen molar-refractivity contribution in [3.8, 4) is 0 Å². The van der Waals surface area contributed by atoms with Crippen LogP contribution >= 0.6 is 0 Å². The van der Waals surface area contributed by atoms with E-state index in [1.54, 1.807) is 0 Å². The molecule has 3 nitrogen and oxygen atoms in total. The first-order chi connectivity index (χ1) is 11.5. The Labute approximate surface area is 150 Å². The molecule has 0 aliphatic rings. The van der Waals surface area contributed by atoms with Crippen molar-refractivity contribution in [2.45, 2.75) is 122 Å². The summed E-state index contributed by atoms with van der Waals surface area (Å²) in [6, 6.07) is 0. The summed E-state index contributed by atoms with van der Waals surface area (Å²) in [7, 11) is 0. The van der Waals surface area contributed by atoms with Crippen LogP contribution in [0.3, 0.4) is 0 Å². The molecule has 0 spiro atoms. The Hall–Kier alpha value is -0.380. The predicted octanol–water partition coefficient (Wildman–Crippen LogP) is 5.44. The third kappa shape index (κ3) is 18.0. The number of aliphatic hydroxyl groups excluding tert-OH is 1. The zero-order valence-corrected chi connectivity index (χ0v) is 16.3. The normalized spacial score (nSPS) is 14.6. The minimum atomic E-state index is -1.29. The Bertz CT molecular complexity index is 288. The van der Waals surface area contributed by atoms with Gasteiger partial charge in [-0.1, -0.05) is 76.9 Å². The summed E-state index contributed by atoms with van der Waals surface area (Å²) in [5.41, 5.74) is 5.59. The number of rotatable bonds is 17. The number of hydrogen-bond acceptors (Lipinski definition) is 3. The average molecular weight is 342 g/mol. The molecule has 0 saturated carbocycles. The minimum Gasteiger partial charge on any atom is -0.368 e. The highest BCUT2D eigenvalue weighted by molar-refractivity contribution is 4.81. The van der Waals surface area contributed by atoms with Crippen molar-refractivity contribution >= 4 is 0 Å². The van der Waals surface area contributed by atoms with Gasteiger partial charge in [0.1, 0.15) is 0 Å². The standard InChI is InChI=1S/C21H43NO2/c1-3-4-5-6-7-8-9-10-11-12-13-14-15-16-17-18-21(2,22)19-20(23)24/h10-11,20,23-24H,3-9,12-19,22H2,1-2H3/b11-10-. The van der Waals surface area contributed by atoms with Crippen LogP contribution in [0, 0.1) is 0 Å². The molecular formula is C21H43NO2. The highest BCUT2D eigenvalue weighted by atomic mass is 16.5. The van der Waals surface area contributed by atoms with Crippen LogP contribution in [0.2, 0.25) is 0 Å². The number of hydrogen-bond donors (Lipinski definition) is 3. The molecule has 0 heterocycles. The summed E-state index contributed by atoms with van der Waals surface area (Å²) in [6.45, 7) is 4.17. The van der Waals surface area contributed by atoms with Crippen LogP contribution in [0.5, 0.6) is 0 Å². The van der Waals surface area contributed by atoms with Crippen LogP contribution in [0.4, 0.5) is 0 Å². The van der Waals surface area contributed by atoms with Crippen LogP contribution in [-0.2, 0) is 0 Å². The van der Waals surface area contributed by atoms with E-state index >= 15 is 0 Å². The van der Waals surface area contributed by atoms with E-state index in [1.165, 1.54) is 77.0 Å². The maximum Gasteiger partial charge on any atom is 0.153 e. The molecule has 4 N–H and O–H groups in total. The lowest BCUT2D eigenvalue weighted by Gasteiger charge is -2.25. The second kappa shape index (κ2) is 16.1. The molecule has 0 aromatic rings. The number of aliphatic hydroxyl groups is 2. The van der Waals surface area contributed by atoms with E-state index in [4.69, 9.17) is 15.9 Å². The van der Waals surface area contributed by atoms with Crippen LogP contribution in [0.1, 0.15) is 110 Å². The minimum absolute atomic E-state index is 0.260. The van der Waals surface area contributed by atoms with E-state index in [1.807, 2.05) is 6.92 Å². The summed E-state index contributed by atoms with van der Waals surface area (Å²) < 4.78 is 0. The third-order valence-corrected chi connectivity index (χ3v) is 4.66. The first kappa shape index (κ1) is 23.6. The maximum absolute atomic E-state index is 8.98. The van der Waals surface area contributed by atoms with Gasteiger partial charge >= 0.3 is 0 Å². The van der Waals surface area contributed by atoms with Crippen molar-refractivity contribution in [2.24, 2.45) is 5.73 Å². The van der Waals surface area contributed by atoms with Gasteiger partial charge in [0.25, 0.3) is 0 Å². The molecule has 144 valence electrons. The van der Waals surface area contributed by atoms with E-state index in [9.17, 15) is 0 Å². The molecule has 0 saturated heterocycles. The van der Waals surface area contributed by atoms with Gasteiger partial charge in [-0.05, 0) is 39.0 Å². The maximum atomic E-state index is 8.98. The van der Waals surface area contributed by atoms with Crippen molar-refractivity contribution in [3.63, 3.8) is 0 Å². The second-order valence-electron chi connectivity index (χ2n) is 7.67. The largest absolute Gasteiger partial charge is 0.368 e. The SMILES string of the molecule is CCCCCCCC/C=C\CCCCCCCC(C)(N)CC(O)O. The molecule has 0 radical (unpaired) electrons. The number of nitrogens with two attached hydrogens (primary N) is 1. The molecule has 0 aromatic heterocycles. The molecule has 0 aliphatic heterocycles. The predicted molar refractivity (Wildman–Crippen MR) is 105 cm³/mol. The molecule has 1 atom stereocenters. The molecule has 24 heavy (non-hydrogen) atoms. The molecule has 0 aromatic carbocycles. The average Bonchev–Trinajstić information content (AvgIpc) is 2.49. The van der Waals surface area contributed by atoms with E-state index in [2.05, 4.69) is 19.1 Å². The molecular weight excluding hydrogens is 298 g/mol. The fourth-order valence-corrected chi connectivity index (χ4v) is 3.12. The van der Waals surface area contributed by atoms with Crippen LogP contribution in [0.25, 0.3) is 0 Å². The van der Waals surface area contributed by atoms with Crippen LogP contribution < -0.4 is 5.73 Å². The molecule has 3 heteroatoms. The molecule has 0 bridgehead atoms. The van der Waals surface area contributed by atoms with Crippen molar-refractivity contribution in [3.05, 3.63) is 12.2 Å². The molecule has 0 rings (SSSR count). The lowest BCUT2D eigenvalue weighted by Crippen LogP contribution is -2.39. The van der Waals surface area contributed by atoms with Gasteiger partial charge in [-0.25, -0.2) is 0 Å². The van der Waals surface area contributed by atoms with Crippen molar-refractivity contribution < 1.29 is 10.2 Å². The Morgan fingerprint density at radius 2 is 1.25 bits per heavy atom. The summed E-state index contributed by atoms with van der Waals surface area (Å²) in [5.74, 6) is 0. The smallest absolute Gasteiger partial charge is 0.153 e. The van der Waals surface area contributed by atoms with E-state index in [0.29, 0.717) is 0 Å². The summed E-state index contributed by atoms with van der Waals surface area (Å²) in [4.78, 5) is 0. The van der Waals surface area contributed by atoms with Gasteiger partial charge < -0.3 is 15.9 Å². The first-order valence-corrected chi connectivity index (χ1v) is 10.3. The van der Waals surface area contributed by atoms with Gasteiger partial charge in [0.05, 0.1) is 0 Å². The topological polar surface area (TPSA) is 66.5 Å². The third-order valence-electron chi connectivity index (χ3n) is 4.66. The highest BCUT2D eigenvalue weighted by Crippen LogP contribution is 2.18. The zero-order valence-electron chi connectivity index (χ0n) is 16.3. The number of allylic oxidation sites excluding steroid dienone is 2. The van der Waals surface area contributed by atoms with Crippen molar-refractivity contribution in [1.29, 1.82) is 0 Å². The molecule has 1 unspecified atom stereocenters. The fourth-order valence-electron chi connectivity index (χ4n) is 3.12. The lowest BCUT2D eigenvalue weighted by atomic mass is 9.91.